The average Bonchev–Trinajstić information content (AvgIpc) is 2.88. The van der Waals surface area contributed by atoms with Gasteiger partial charge in [0.15, 0.2) is 0 Å². The Hall–Kier alpha value is -1.35. The third kappa shape index (κ3) is 1.75. The maximum Gasteiger partial charge on any atom is 0.338 e. The first-order valence-corrected chi connectivity index (χ1v) is 5.24. The molecule has 0 N–H and O–H groups in total. The fraction of sp³-hybridized carbons (Fsp3) is 0.417. The smallest absolute Gasteiger partial charge is 0.338 e. The summed E-state index contributed by atoms with van der Waals surface area (Å²) in [5.41, 5.74) is 0.624. The number of fused-ring (bicyclic) bond motifs is 1. The summed E-state index contributed by atoms with van der Waals surface area (Å²) in [5, 5.41) is 0. The summed E-state index contributed by atoms with van der Waals surface area (Å²) in [4.78, 5) is 11.7. The van der Waals surface area contributed by atoms with Crippen molar-refractivity contribution in [3.8, 4) is 0 Å². The Morgan fingerprint density at radius 3 is 2.53 bits per heavy atom. The topological polar surface area (TPSA) is 38.8 Å². The van der Waals surface area contributed by atoms with Gasteiger partial charge >= 0.3 is 5.97 Å². The van der Waals surface area contributed by atoms with Gasteiger partial charge in [0.1, 0.15) is 6.10 Å². The molecule has 1 aliphatic carbocycles. The van der Waals surface area contributed by atoms with E-state index in [0.717, 1.165) is 12.8 Å². The molecule has 1 aromatic rings. The first kappa shape index (κ1) is 8.92. The van der Waals surface area contributed by atoms with E-state index >= 15 is 0 Å². The van der Waals surface area contributed by atoms with Crippen LogP contribution in [0.15, 0.2) is 30.3 Å². The second-order valence-electron chi connectivity index (χ2n) is 4.08. The van der Waals surface area contributed by atoms with Crippen molar-refractivity contribution in [2.75, 3.05) is 0 Å². The monoisotopic (exact) mass is 204 g/mol. The van der Waals surface area contributed by atoms with E-state index in [2.05, 4.69) is 0 Å². The number of carbonyl (C=O) groups is 1. The highest BCUT2D eigenvalue weighted by Gasteiger charge is 2.49. The zero-order chi connectivity index (χ0) is 10.3. The summed E-state index contributed by atoms with van der Waals surface area (Å²) in [6, 6.07) is 9.11. The summed E-state index contributed by atoms with van der Waals surface area (Å²) in [5.74, 6) is -0.220. The van der Waals surface area contributed by atoms with Crippen molar-refractivity contribution >= 4 is 5.97 Å². The van der Waals surface area contributed by atoms with Crippen LogP contribution in [0.4, 0.5) is 0 Å². The molecular formula is C12H12O3. The van der Waals surface area contributed by atoms with E-state index in [1.807, 2.05) is 18.2 Å². The number of ether oxygens (including phenoxy) is 2. The lowest BCUT2D eigenvalue weighted by Gasteiger charge is -2.12. The Balaban J connectivity index is 1.61. The van der Waals surface area contributed by atoms with Crippen LogP contribution < -0.4 is 0 Å². The highest BCUT2D eigenvalue weighted by atomic mass is 16.6. The molecule has 0 amide bonds. The van der Waals surface area contributed by atoms with E-state index in [0.29, 0.717) is 17.8 Å². The Labute approximate surface area is 88.0 Å². The predicted molar refractivity (Wildman–Crippen MR) is 53.5 cm³/mol. The molecule has 2 unspecified atom stereocenters. The molecule has 3 nitrogen and oxygen atoms in total. The van der Waals surface area contributed by atoms with E-state index in [4.69, 9.17) is 9.47 Å². The molecule has 2 fully saturated rings. The molecule has 3 rings (SSSR count). The van der Waals surface area contributed by atoms with E-state index in [1.54, 1.807) is 12.1 Å². The maximum atomic E-state index is 11.7. The van der Waals surface area contributed by atoms with Crippen LogP contribution in [0.1, 0.15) is 23.2 Å². The van der Waals surface area contributed by atoms with Crippen LogP contribution in [0.3, 0.4) is 0 Å². The fourth-order valence-corrected chi connectivity index (χ4v) is 2.10. The number of hydrogen-bond donors (Lipinski definition) is 0. The molecule has 1 heterocycles. The first-order chi connectivity index (χ1) is 7.33. The molecule has 1 saturated heterocycles. The number of carbonyl (C=O) groups excluding carboxylic acids is 1. The van der Waals surface area contributed by atoms with Gasteiger partial charge in [-0.3, -0.25) is 0 Å². The van der Waals surface area contributed by atoms with Crippen LogP contribution in [0.2, 0.25) is 0 Å². The second kappa shape index (κ2) is 3.35. The summed E-state index contributed by atoms with van der Waals surface area (Å²) in [6.07, 6.45) is 2.51. The zero-order valence-corrected chi connectivity index (χ0v) is 8.26. The molecule has 0 spiro atoms. The minimum Gasteiger partial charge on any atom is -0.459 e. The van der Waals surface area contributed by atoms with Gasteiger partial charge in [-0.1, -0.05) is 18.2 Å². The second-order valence-corrected chi connectivity index (χ2v) is 4.08. The first-order valence-electron chi connectivity index (χ1n) is 5.24. The molecule has 0 radical (unpaired) electrons. The number of rotatable bonds is 2. The molecule has 2 atom stereocenters. The van der Waals surface area contributed by atoms with Crippen LogP contribution in [-0.2, 0) is 9.47 Å². The summed E-state index contributed by atoms with van der Waals surface area (Å²) < 4.78 is 10.7. The largest absolute Gasteiger partial charge is 0.459 e. The van der Waals surface area contributed by atoms with E-state index in [1.165, 1.54) is 0 Å². The SMILES string of the molecule is O=C(OC1CC2OC2C1)c1ccccc1. The molecule has 0 bridgehead atoms. The quantitative estimate of drug-likeness (QED) is 0.544. The van der Waals surface area contributed by atoms with Crippen molar-refractivity contribution in [2.45, 2.75) is 31.2 Å². The molecule has 0 aromatic heterocycles. The minimum atomic E-state index is -0.220. The van der Waals surface area contributed by atoms with Gasteiger partial charge in [-0.15, -0.1) is 0 Å². The number of hydrogen-bond acceptors (Lipinski definition) is 3. The van der Waals surface area contributed by atoms with Gasteiger partial charge in [-0.25, -0.2) is 4.79 Å². The molecule has 15 heavy (non-hydrogen) atoms. The van der Waals surface area contributed by atoms with E-state index in [-0.39, 0.29) is 12.1 Å². The Morgan fingerprint density at radius 1 is 1.20 bits per heavy atom. The Kier molecular flexibility index (Phi) is 1.99. The number of epoxide rings is 1. The van der Waals surface area contributed by atoms with Gasteiger partial charge < -0.3 is 9.47 Å². The molecule has 78 valence electrons. The molecule has 3 heteroatoms. The molecule has 1 saturated carbocycles. The predicted octanol–water partition coefficient (Wildman–Crippen LogP) is 1.77. The van der Waals surface area contributed by atoms with Crippen LogP contribution in [0.5, 0.6) is 0 Å². The molecular weight excluding hydrogens is 192 g/mol. The number of esters is 1. The highest BCUT2D eigenvalue weighted by molar-refractivity contribution is 5.89. The molecule has 2 aliphatic rings. The van der Waals surface area contributed by atoms with Crippen molar-refractivity contribution in [1.82, 2.24) is 0 Å². The van der Waals surface area contributed by atoms with Crippen molar-refractivity contribution in [1.29, 1.82) is 0 Å². The summed E-state index contributed by atoms with van der Waals surface area (Å²) >= 11 is 0. The highest BCUT2D eigenvalue weighted by Crippen LogP contribution is 2.39. The van der Waals surface area contributed by atoms with Gasteiger partial charge in [0.05, 0.1) is 17.8 Å². The lowest BCUT2D eigenvalue weighted by molar-refractivity contribution is 0.0234. The lowest BCUT2D eigenvalue weighted by atomic mass is 10.2. The van der Waals surface area contributed by atoms with Gasteiger partial charge in [0, 0.05) is 12.8 Å². The van der Waals surface area contributed by atoms with Crippen molar-refractivity contribution in [3.63, 3.8) is 0 Å². The Bertz CT molecular complexity index is 364. The van der Waals surface area contributed by atoms with Crippen molar-refractivity contribution in [3.05, 3.63) is 35.9 Å². The fourth-order valence-electron chi connectivity index (χ4n) is 2.10. The normalized spacial score (nSPS) is 32.1. The number of benzene rings is 1. The van der Waals surface area contributed by atoms with Gasteiger partial charge in [0.25, 0.3) is 0 Å². The maximum absolute atomic E-state index is 11.7. The van der Waals surface area contributed by atoms with Crippen LogP contribution in [0, 0.1) is 0 Å². The Morgan fingerprint density at radius 2 is 1.87 bits per heavy atom. The lowest BCUT2D eigenvalue weighted by Crippen LogP contribution is -2.17. The van der Waals surface area contributed by atoms with Gasteiger partial charge in [-0.2, -0.15) is 0 Å². The van der Waals surface area contributed by atoms with Crippen LogP contribution in [0.25, 0.3) is 0 Å². The third-order valence-corrected chi connectivity index (χ3v) is 2.96. The summed E-state index contributed by atoms with van der Waals surface area (Å²) in [6.45, 7) is 0. The average molecular weight is 204 g/mol. The van der Waals surface area contributed by atoms with Crippen molar-refractivity contribution in [2.24, 2.45) is 0 Å². The third-order valence-electron chi connectivity index (χ3n) is 2.96. The minimum absolute atomic E-state index is 0.0569. The van der Waals surface area contributed by atoms with E-state index in [9.17, 15) is 4.79 Å². The molecule has 1 aromatic carbocycles. The summed E-state index contributed by atoms with van der Waals surface area (Å²) in [7, 11) is 0. The zero-order valence-electron chi connectivity index (χ0n) is 8.26. The standard InChI is InChI=1S/C12H12O3/c13-12(8-4-2-1-3-5-8)14-9-6-10-11(7-9)15-10/h1-5,9-11H,6-7H2. The van der Waals surface area contributed by atoms with Crippen molar-refractivity contribution < 1.29 is 14.3 Å². The van der Waals surface area contributed by atoms with E-state index < -0.39 is 0 Å². The molecule has 1 aliphatic heterocycles. The van der Waals surface area contributed by atoms with Gasteiger partial charge in [-0.05, 0) is 12.1 Å². The van der Waals surface area contributed by atoms with Gasteiger partial charge in [0.2, 0.25) is 0 Å². The van der Waals surface area contributed by atoms with Crippen LogP contribution in [-0.4, -0.2) is 24.3 Å². The van der Waals surface area contributed by atoms with Crippen LogP contribution >= 0.6 is 0 Å².